The zero-order chi connectivity index (χ0) is 18.6. The van der Waals surface area contributed by atoms with E-state index in [4.69, 9.17) is 0 Å². The first kappa shape index (κ1) is 18.4. The van der Waals surface area contributed by atoms with Crippen LogP contribution in [0.15, 0.2) is 47.4 Å². The highest BCUT2D eigenvalue weighted by Gasteiger charge is 2.19. The van der Waals surface area contributed by atoms with E-state index in [1.165, 1.54) is 6.07 Å². The van der Waals surface area contributed by atoms with Gasteiger partial charge in [0.2, 0.25) is 15.9 Å². The Balaban J connectivity index is 1.60. The highest BCUT2D eigenvalue weighted by Crippen LogP contribution is 2.20. The molecule has 0 saturated carbocycles. The number of sulfonamides is 1. The average molecular weight is 390 g/mol. The van der Waals surface area contributed by atoms with E-state index in [-0.39, 0.29) is 23.8 Å². The van der Waals surface area contributed by atoms with Crippen LogP contribution in [0.5, 0.6) is 0 Å². The van der Waals surface area contributed by atoms with Crippen molar-refractivity contribution in [2.75, 3.05) is 11.9 Å². The normalized spacial score (nSPS) is 11.6. The van der Waals surface area contributed by atoms with Crippen molar-refractivity contribution in [3.63, 3.8) is 0 Å². The predicted octanol–water partition coefficient (Wildman–Crippen LogP) is 2.56. The second-order valence-corrected chi connectivity index (χ2v) is 7.90. The maximum Gasteiger partial charge on any atom is 0.242 e. The molecule has 0 radical (unpaired) electrons. The summed E-state index contributed by atoms with van der Waals surface area (Å²) in [5.74, 6) is -0.255. The summed E-state index contributed by atoms with van der Waals surface area (Å²) >= 11 is 0.960. The largest absolute Gasteiger partial charge is 0.326 e. The van der Waals surface area contributed by atoms with E-state index in [2.05, 4.69) is 18.8 Å². The van der Waals surface area contributed by atoms with Gasteiger partial charge >= 0.3 is 0 Å². The standard InChI is InChI=1S/C17H18N4O3S2/c1-2-12-5-3-6-13(11-12)19-16(22)9-10-18-26(23,24)15-8-4-7-14-17(15)21-25-20-14/h3-8,11,18H,2,9-10H2,1H3,(H,19,22). The van der Waals surface area contributed by atoms with Gasteiger partial charge in [0.05, 0.1) is 11.7 Å². The van der Waals surface area contributed by atoms with Gasteiger partial charge in [-0.1, -0.05) is 25.1 Å². The Morgan fingerprint density at radius 1 is 1.15 bits per heavy atom. The quantitative estimate of drug-likeness (QED) is 0.646. The zero-order valence-electron chi connectivity index (χ0n) is 14.1. The molecule has 1 heterocycles. The van der Waals surface area contributed by atoms with Crippen molar-refractivity contribution in [1.82, 2.24) is 13.5 Å². The van der Waals surface area contributed by atoms with Crippen LogP contribution in [0.25, 0.3) is 11.0 Å². The fraction of sp³-hybridized carbons (Fsp3) is 0.235. The summed E-state index contributed by atoms with van der Waals surface area (Å²) in [5, 5.41) is 2.77. The summed E-state index contributed by atoms with van der Waals surface area (Å²) in [6.07, 6.45) is 0.904. The first-order valence-electron chi connectivity index (χ1n) is 8.09. The minimum absolute atomic E-state index is 0.00438. The van der Waals surface area contributed by atoms with E-state index in [1.807, 2.05) is 25.1 Å². The number of hydrogen-bond acceptors (Lipinski definition) is 6. The number of aryl methyl sites for hydroxylation is 1. The fourth-order valence-electron chi connectivity index (χ4n) is 2.47. The third-order valence-corrected chi connectivity index (χ3v) is 5.84. The SMILES string of the molecule is CCc1cccc(NC(=O)CCNS(=O)(=O)c2cccc3nsnc23)c1. The molecular weight excluding hydrogens is 372 g/mol. The molecule has 1 amide bonds. The van der Waals surface area contributed by atoms with Crippen LogP contribution in [0.2, 0.25) is 0 Å². The second-order valence-electron chi connectivity index (χ2n) is 5.64. The molecule has 0 aliphatic rings. The average Bonchev–Trinajstić information content (AvgIpc) is 3.10. The number of anilines is 1. The summed E-state index contributed by atoms with van der Waals surface area (Å²) in [6, 6.07) is 12.4. The van der Waals surface area contributed by atoms with E-state index < -0.39 is 10.0 Å². The summed E-state index contributed by atoms with van der Waals surface area (Å²) in [7, 11) is -3.76. The highest BCUT2D eigenvalue weighted by molar-refractivity contribution is 7.89. The van der Waals surface area contributed by atoms with Gasteiger partial charge in [0.15, 0.2) is 0 Å². The van der Waals surface area contributed by atoms with Crippen molar-refractivity contribution < 1.29 is 13.2 Å². The molecule has 0 aliphatic carbocycles. The number of rotatable bonds is 7. The molecule has 3 aromatic rings. The Bertz CT molecular complexity index is 1030. The van der Waals surface area contributed by atoms with Gasteiger partial charge in [-0.2, -0.15) is 8.75 Å². The van der Waals surface area contributed by atoms with Crippen molar-refractivity contribution in [3.8, 4) is 0 Å². The Kier molecular flexibility index (Phi) is 5.60. The number of benzene rings is 2. The van der Waals surface area contributed by atoms with Gasteiger partial charge in [-0.15, -0.1) is 0 Å². The van der Waals surface area contributed by atoms with Crippen LogP contribution in [-0.4, -0.2) is 29.6 Å². The Morgan fingerprint density at radius 3 is 2.77 bits per heavy atom. The molecule has 0 spiro atoms. The van der Waals surface area contributed by atoms with Crippen LogP contribution >= 0.6 is 11.7 Å². The van der Waals surface area contributed by atoms with Gasteiger partial charge in [0.1, 0.15) is 15.9 Å². The summed E-state index contributed by atoms with van der Waals surface area (Å²) in [4.78, 5) is 12.1. The number of aromatic nitrogens is 2. The molecule has 0 atom stereocenters. The molecule has 9 heteroatoms. The molecule has 2 aromatic carbocycles. The van der Waals surface area contributed by atoms with Gasteiger partial charge < -0.3 is 5.32 Å². The first-order valence-corrected chi connectivity index (χ1v) is 10.3. The van der Waals surface area contributed by atoms with Crippen LogP contribution < -0.4 is 10.0 Å². The van der Waals surface area contributed by atoms with Crippen molar-refractivity contribution in [1.29, 1.82) is 0 Å². The Morgan fingerprint density at radius 2 is 1.96 bits per heavy atom. The second kappa shape index (κ2) is 7.90. The number of nitrogens with zero attached hydrogens (tertiary/aromatic N) is 2. The number of carbonyl (C=O) groups excluding carboxylic acids is 1. The topological polar surface area (TPSA) is 101 Å². The maximum atomic E-state index is 12.5. The third-order valence-electron chi connectivity index (χ3n) is 3.80. The smallest absolute Gasteiger partial charge is 0.242 e. The molecule has 0 fully saturated rings. The monoisotopic (exact) mass is 390 g/mol. The molecule has 0 aliphatic heterocycles. The Labute approximate surface area is 155 Å². The van der Waals surface area contributed by atoms with Crippen molar-refractivity contribution >= 4 is 44.4 Å². The minimum Gasteiger partial charge on any atom is -0.326 e. The molecule has 2 N–H and O–H groups in total. The van der Waals surface area contributed by atoms with Crippen LogP contribution in [0.4, 0.5) is 5.69 Å². The van der Waals surface area contributed by atoms with Gasteiger partial charge in [-0.3, -0.25) is 4.79 Å². The summed E-state index contributed by atoms with van der Waals surface area (Å²) in [6.45, 7) is 2.03. The van der Waals surface area contributed by atoms with E-state index >= 15 is 0 Å². The molecule has 0 saturated heterocycles. The van der Waals surface area contributed by atoms with Crippen LogP contribution in [-0.2, 0) is 21.2 Å². The lowest BCUT2D eigenvalue weighted by molar-refractivity contribution is -0.116. The summed E-state index contributed by atoms with van der Waals surface area (Å²) in [5.41, 5.74) is 2.70. The van der Waals surface area contributed by atoms with E-state index in [1.54, 1.807) is 18.2 Å². The predicted molar refractivity (Wildman–Crippen MR) is 102 cm³/mol. The highest BCUT2D eigenvalue weighted by atomic mass is 32.2. The number of fused-ring (bicyclic) bond motifs is 1. The van der Waals surface area contributed by atoms with Crippen LogP contribution in [0.3, 0.4) is 0 Å². The van der Waals surface area contributed by atoms with E-state index in [9.17, 15) is 13.2 Å². The number of hydrogen-bond donors (Lipinski definition) is 2. The molecule has 1 aromatic heterocycles. The molecule has 136 valence electrons. The number of amides is 1. The van der Waals surface area contributed by atoms with Gasteiger partial charge in [0, 0.05) is 18.7 Å². The Hall–Kier alpha value is -2.36. The molecule has 0 unspecified atom stereocenters. The van der Waals surface area contributed by atoms with E-state index in [0.29, 0.717) is 16.7 Å². The van der Waals surface area contributed by atoms with Crippen LogP contribution in [0, 0.1) is 0 Å². The number of nitrogens with one attached hydrogen (secondary N) is 2. The molecule has 3 rings (SSSR count). The van der Waals surface area contributed by atoms with Crippen LogP contribution in [0.1, 0.15) is 18.9 Å². The van der Waals surface area contributed by atoms with Gasteiger partial charge in [-0.05, 0) is 36.2 Å². The molecular formula is C17H18N4O3S2. The maximum absolute atomic E-state index is 12.5. The van der Waals surface area contributed by atoms with E-state index in [0.717, 1.165) is 23.7 Å². The minimum atomic E-state index is -3.76. The number of carbonyl (C=O) groups is 1. The van der Waals surface area contributed by atoms with Gasteiger partial charge in [-0.25, -0.2) is 13.1 Å². The van der Waals surface area contributed by atoms with Crippen molar-refractivity contribution in [2.24, 2.45) is 0 Å². The zero-order valence-corrected chi connectivity index (χ0v) is 15.7. The molecule has 7 nitrogen and oxygen atoms in total. The molecule has 0 bridgehead atoms. The summed E-state index contributed by atoms with van der Waals surface area (Å²) < 4.78 is 35.4. The van der Waals surface area contributed by atoms with Crippen molar-refractivity contribution in [3.05, 3.63) is 48.0 Å². The van der Waals surface area contributed by atoms with Gasteiger partial charge in [0.25, 0.3) is 0 Å². The lowest BCUT2D eigenvalue weighted by Gasteiger charge is -2.08. The lowest BCUT2D eigenvalue weighted by Crippen LogP contribution is -2.28. The van der Waals surface area contributed by atoms with Crippen molar-refractivity contribution in [2.45, 2.75) is 24.7 Å². The molecule has 26 heavy (non-hydrogen) atoms. The fourth-order valence-corrected chi connectivity index (χ4v) is 4.26. The lowest BCUT2D eigenvalue weighted by atomic mass is 10.1. The third kappa shape index (κ3) is 4.24. The first-order chi connectivity index (χ1) is 12.5.